The van der Waals surface area contributed by atoms with Crippen LogP contribution in [0.25, 0.3) is 22.6 Å². The largest absolute Gasteiger partial charge is 0.461 e. The Balaban J connectivity index is 1.84. The molecule has 108 valence electrons. The van der Waals surface area contributed by atoms with E-state index >= 15 is 0 Å². The lowest BCUT2D eigenvalue weighted by atomic mass is 10.1. The summed E-state index contributed by atoms with van der Waals surface area (Å²) in [6.07, 6.45) is 3.41. The van der Waals surface area contributed by atoms with Gasteiger partial charge in [0.25, 0.3) is 5.56 Å². The maximum atomic E-state index is 12.4. The molecule has 0 atom stereocenters. The van der Waals surface area contributed by atoms with Crippen LogP contribution in [0.1, 0.15) is 11.1 Å². The molecule has 3 aromatic heterocycles. The van der Waals surface area contributed by atoms with Crippen LogP contribution in [-0.2, 0) is 0 Å². The van der Waals surface area contributed by atoms with E-state index in [0.717, 1.165) is 5.56 Å². The van der Waals surface area contributed by atoms with E-state index in [0.29, 0.717) is 21.1 Å². The van der Waals surface area contributed by atoms with Crippen molar-refractivity contribution in [3.05, 3.63) is 68.7 Å². The smallest absolute Gasteiger partial charge is 0.291 e. The summed E-state index contributed by atoms with van der Waals surface area (Å²) < 4.78 is 7.19. The lowest BCUT2D eigenvalue weighted by molar-refractivity contribution is 0.577. The van der Waals surface area contributed by atoms with E-state index in [9.17, 15) is 4.79 Å². The zero-order valence-electron chi connectivity index (χ0n) is 11.7. The highest BCUT2D eigenvalue weighted by atomic mass is 32.1. The Labute approximate surface area is 129 Å². The van der Waals surface area contributed by atoms with Crippen LogP contribution in [-0.4, -0.2) is 14.6 Å². The number of rotatable bonds is 2. The standard InChI is InChI=1S/C16H11N3O2S/c1-10-4-6-11(7-5-10)9-13-15(20)19-16(22-13)17-14(18-19)12-3-2-8-21-12/h2-9H,1H3/b13-9+. The molecule has 0 N–H and O–H groups in total. The molecule has 0 aliphatic carbocycles. The number of furan rings is 1. The number of fused-ring (bicyclic) bond motifs is 1. The molecule has 0 unspecified atom stereocenters. The first-order valence-electron chi connectivity index (χ1n) is 6.72. The SMILES string of the molecule is Cc1ccc(/C=c2/sc3nc(-c4ccco4)nn3c2=O)cc1. The zero-order chi connectivity index (χ0) is 15.1. The molecule has 0 aliphatic heterocycles. The molecule has 1 aromatic carbocycles. The summed E-state index contributed by atoms with van der Waals surface area (Å²) in [7, 11) is 0. The summed E-state index contributed by atoms with van der Waals surface area (Å²) in [4.78, 5) is 17.3. The van der Waals surface area contributed by atoms with Crippen LogP contribution in [0.15, 0.2) is 51.9 Å². The third-order valence-corrected chi connectivity index (χ3v) is 4.26. The van der Waals surface area contributed by atoms with Crippen LogP contribution in [0.4, 0.5) is 0 Å². The predicted molar refractivity (Wildman–Crippen MR) is 84.8 cm³/mol. The zero-order valence-corrected chi connectivity index (χ0v) is 12.5. The van der Waals surface area contributed by atoms with E-state index < -0.39 is 0 Å². The Kier molecular flexibility index (Phi) is 2.90. The minimum atomic E-state index is -0.161. The van der Waals surface area contributed by atoms with Crippen molar-refractivity contribution in [2.24, 2.45) is 0 Å². The van der Waals surface area contributed by atoms with E-state index in [1.807, 2.05) is 37.3 Å². The highest BCUT2D eigenvalue weighted by Crippen LogP contribution is 2.16. The minimum Gasteiger partial charge on any atom is -0.461 e. The number of aryl methyl sites for hydroxylation is 1. The molecule has 0 bridgehead atoms. The van der Waals surface area contributed by atoms with Gasteiger partial charge in [0.2, 0.25) is 10.8 Å². The van der Waals surface area contributed by atoms with E-state index in [2.05, 4.69) is 10.1 Å². The number of hydrogen-bond acceptors (Lipinski definition) is 5. The van der Waals surface area contributed by atoms with Gasteiger partial charge in [-0.25, -0.2) is 0 Å². The summed E-state index contributed by atoms with van der Waals surface area (Å²) in [6.45, 7) is 2.03. The van der Waals surface area contributed by atoms with Crippen molar-refractivity contribution in [3.63, 3.8) is 0 Å². The first-order valence-corrected chi connectivity index (χ1v) is 7.54. The number of nitrogens with zero attached hydrogens (tertiary/aromatic N) is 3. The van der Waals surface area contributed by atoms with Gasteiger partial charge in [-0.2, -0.15) is 9.50 Å². The van der Waals surface area contributed by atoms with Crippen molar-refractivity contribution in [3.8, 4) is 11.6 Å². The maximum absolute atomic E-state index is 12.4. The van der Waals surface area contributed by atoms with Crippen molar-refractivity contribution in [1.82, 2.24) is 14.6 Å². The summed E-state index contributed by atoms with van der Waals surface area (Å²) in [6, 6.07) is 11.5. The Morgan fingerprint density at radius 1 is 1.23 bits per heavy atom. The van der Waals surface area contributed by atoms with Gasteiger partial charge in [0.15, 0.2) is 5.76 Å². The van der Waals surface area contributed by atoms with Crippen molar-refractivity contribution in [2.75, 3.05) is 0 Å². The van der Waals surface area contributed by atoms with Crippen LogP contribution in [0, 0.1) is 6.92 Å². The summed E-state index contributed by atoms with van der Waals surface area (Å²) in [5, 5.41) is 4.22. The summed E-state index contributed by atoms with van der Waals surface area (Å²) in [5.74, 6) is 0.981. The van der Waals surface area contributed by atoms with Crippen molar-refractivity contribution < 1.29 is 4.42 Å². The fraction of sp³-hybridized carbons (Fsp3) is 0.0625. The van der Waals surface area contributed by atoms with Crippen molar-refractivity contribution in [1.29, 1.82) is 0 Å². The fourth-order valence-electron chi connectivity index (χ4n) is 2.16. The van der Waals surface area contributed by atoms with E-state index in [1.165, 1.54) is 21.4 Å². The minimum absolute atomic E-state index is 0.161. The third kappa shape index (κ3) is 2.14. The Morgan fingerprint density at radius 2 is 2.05 bits per heavy atom. The molecular weight excluding hydrogens is 298 g/mol. The van der Waals surface area contributed by atoms with Crippen LogP contribution >= 0.6 is 11.3 Å². The third-order valence-electron chi connectivity index (χ3n) is 3.30. The molecular formula is C16H11N3O2S. The van der Waals surface area contributed by atoms with Crippen molar-refractivity contribution in [2.45, 2.75) is 6.92 Å². The number of hydrogen-bond donors (Lipinski definition) is 0. The second-order valence-electron chi connectivity index (χ2n) is 4.93. The number of benzene rings is 1. The van der Waals surface area contributed by atoms with E-state index in [4.69, 9.17) is 4.42 Å². The predicted octanol–water partition coefficient (Wildman–Crippen LogP) is 2.27. The first kappa shape index (κ1) is 13.0. The first-order chi connectivity index (χ1) is 10.7. The maximum Gasteiger partial charge on any atom is 0.291 e. The van der Waals surface area contributed by atoms with Gasteiger partial charge in [-0.3, -0.25) is 4.79 Å². The van der Waals surface area contributed by atoms with Crippen molar-refractivity contribution >= 4 is 22.4 Å². The number of aromatic nitrogens is 3. The normalized spacial score (nSPS) is 12.3. The van der Waals surface area contributed by atoms with Crippen LogP contribution in [0.2, 0.25) is 0 Å². The molecule has 0 radical (unpaired) electrons. The van der Waals surface area contributed by atoms with E-state index in [-0.39, 0.29) is 5.56 Å². The summed E-state index contributed by atoms with van der Waals surface area (Å²) in [5.41, 5.74) is 2.01. The molecule has 4 aromatic rings. The van der Waals surface area contributed by atoms with Gasteiger partial charge in [-0.05, 0) is 30.7 Å². The monoisotopic (exact) mass is 309 g/mol. The van der Waals surface area contributed by atoms with Crippen LogP contribution < -0.4 is 10.1 Å². The van der Waals surface area contributed by atoms with Crippen LogP contribution in [0.5, 0.6) is 0 Å². The van der Waals surface area contributed by atoms with Gasteiger partial charge >= 0.3 is 0 Å². The molecule has 0 aliphatic rings. The topological polar surface area (TPSA) is 60.4 Å². The second-order valence-corrected chi connectivity index (χ2v) is 5.94. The van der Waals surface area contributed by atoms with Gasteiger partial charge in [-0.1, -0.05) is 41.2 Å². The Morgan fingerprint density at radius 3 is 2.73 bits per heavy atom. The molecule has 5 nitrogen and oxygen atoms in total. The Bertz CT molecular complexity index is 1040. The fourth-order valence-corrected chi connectivity index (χ4v) is 3.07. The Hall–Kier alpha value is -2.73. The molecule has 22 heavy (non-hydrogen) atoms. The molecule has 0 amide bonds. The molecule has 3 heterocycles. The lowest BCUT2D eigenvalue weighted by Gasteiger charge is -1.92. The molecule has 6 heteroatoms. The molecule has 0 saturated heterocycles. The van der Waals surface area contributed by atoms with Crippen LogP contribution in [0.3, 0.4) is 0 Å². The second kappa shape index (κ2) is 4.92. The molecule has 0 fully saturated rings. The quantitative estimate of drug-likeness (QED) is 0.570. The van der Waals surface area contributed by atoms with Gasteiger partial charge in [0, 0.05) is 0 Å². The van der Waals surface area contributed by atoms with Gasteiger partial charge in [0.05, 0.1) is 10.8 Å². The van der Waals surface area contributed by atoms with Gasteiger partial charge in [-0.15, -0.1) is 5.10 Å². The molecule has 0 saturated carbocycles. The summed E-state index contributed by atoms with van der Waals surface area (Å²) >= 11 is 1.32. The van der Waals surface area contributed by atoms with Gasteiger partial charge < -0.3 is 4.42 Å². The highest BCUT2D eigenvalue weighted by Gasteiger charge is 2.13. The van der Waals surface area contributed by atoms with Gasteiger partial charge in [0.1, 0.15) is 0 Å². The highest BCUT2D eigenvalue weighted by molar-refractivity contribution is 7.15. The molecule has 0 spiro atoms. The molecule has 4 rings (SSSR count). The number of thiazole rings is 1. The van der Waals surface area contributed by atoms with E-state index in [1.54, 1.807) is 18.4 Å². The average Bonchev–Trinajstić information content (AvgIpc) is 3.20. The lowest BCUT2D eigenvalue weighted by Crippen LogP contribution is -2.23. The average molecular weight is 309 g/mol.